The number of ether oxygens (including phenoxy) is 1. The van der Waals surface area contributed by atoms with E-state index in [1.54, 1.807) is 11.4 Å². The molecule has 0 heterocycles. The van der Waals surface area contributed by atoms with Gasteiger partial charge in [-0.05, 0) is 12.1 Å². The summed E-state index contributed by atoms with van der Waals surface area (Å²) < 4.78 is 71.8. The van der Waals surface area contributed by atoms with Crippen molar-refractivity contribution >= 4 is 17.5 Å². The van der Waals surface area contributed by atoms with Crippen molar-refractivity contribution in [2.24, 2.45) is 0 Å². The highest BCUT2D eigenvalue weighted by Crippen LogP contribution is 2.23. The van der Waals surface area contributed by atoms with E-state index in [1.807, 2.05) is 0 Å². The lowest BCUT2D eigenvalue weighted by Gasteiger charge is -2.17. The second-order valence-electron chi connectivity index (χ2n) is 5.37. The van der Waals surface area contributed by atoms with Gasteiger partial charge in [0.05, 0.1) is 13.7 Å². The van der Waals surface area contributed by atoms with Crippen LogP contribution in [-0.4, -0.2) is 36.7 Å². The molecule has 1 unspecified atom stereocenters. The smallest absolute Gasteiger partial charge is 0.258 e. The van der Waals surface area contributed by atoms with Gasteiger partial charge in [0, 0.05) is 11.8 Å². The molecule has 0 radical (unpaired) electrons. The first-order chi connectivity index (χ1) is 13.2. The number of hydrogen-bond acceptors (Lipinski definition) is 4. The van der Waals surface area contributed by atoms with Crippen LogP contribution in [0, 0.1) is 29.1 Å². The number of amides is 2. The number of benzene rings is 2. The van der Waals surface area contributed by atoms with Crippen molar-refractivity contribution < 1.29 is 41.4 Å². The van der Waals surface area contributed by atoms with E-state index in [4.69, 9.17) is 4.74 Å². The summed E-state index contributed by atoms with van der Waals surface area (Å²) in [6.07, 6.45) is 0. The lowest BCUT2D eigenvalue weighted by Crippen LogP contribution is -2.46. The third kappa shape index (κ3) is 4.19. The summed E-state index contributed by atoms with van der Waals surface area (Å²) >= 11 is 0. The van der Waals surface area contributed by atoms with Crippen LogP contribution in [0.1, 0.15) is 10.4 Å². The number of rotatable bonds is 6. The molecule has 3 N–H and O–H groups in total. The second kappa shape index (κ2) is 8.65. The summed E-state index contributed by atoms with van der Waals surface area (Å²) in [5.74, 6) is -14.2. The van der Waals surface area contributed by atoms with Crippen LogP contribution in [0.2, 0.25) is 0 Å². The number of hydrogen-bond donors (Lipinski definition) is 3. The normalized spacial score (nSPS) is 11.7. The fraction of sp³-hybridized carbons (Fsp3) is 0.176. The highest BCUT2D eigenvalue weighted by molar-refractivity contribution is 6.01. The molecule has 0 aliphatic heterocycles. The number of nitrogens with one attached hydrogen (secondary N) is 2. The first-order valence-corrected chi connectivity index (χ1v) is 7.59. The number of halogens is 5. The van der Waals surface area contributed by atoms with Gasteiger partial charge in [0.15, 0.2) is 23.3 Å². The molecule has 0 spiro atoms. The predicted molar refractivity (Wildman–Crippen MR) is 86.2 cm³/mol. The summed E-state index contributed by atoms with van der Waals surface area (Å²) in [6, 6.07) is 4.20. The third-order valence-electron chi connectivity index (χ3n) is 3.58. The molecule has 2 aromatic carbocycles. The van der Waals surface area contributed by atoms with Crippen LogP contribution in [0.25, 0.3) is 0 Å². The molecule has 0 saturated heterocycles. The van der Waals surface area contributed by atoms with Crippen molar-refractivity contribution in [3.05, 3.63) is 58.9 Å². The molecule has 150 valence electrons. The summed E-state index contributed by atoms with van der Waals surface area (Å²) in [5.41, 5.74) is -1.57. The van der Waals surface area contributed by atoms with Crippen molar-refractivity contribution in [1.29, 1.82) is 0 Å². The Morgan fingerprint density at radius 2 is 1.61 bits per heavy atom. The number of carbonyl (C=O) groups excluding carboxylic acids is 2. The molecular formula is C17H13F5N2O4. The molecular weight excluding hydrogens is 391 g/mol. The minimum atomic E-state index is -2.43. The summed E-state index contributed by atoms with van der Waals surface area (Å²) in [7, 11) is 1.38. The molecule has 0 aliphatic carbocycles. The van der Waals surface area contributed by atoms with Gasteiger partial charge >= 0.3 is 0 Å². The van der Waals surface area contributed by atoms with Gasteiger partial charge in [-0.25, -0.2) is 22.0 Å². The van der Waals surface area contributed by atoms with Crippen LogP contribution < -0.4 is 15.4 Å². The molecule has 0 bridgehead atoms. The molecule has 2 amide bonds. The molecule has 0 saturated carbocycles. The fourth-order valence-corrected chi connectivity index (χ4v) is 2.16. The van der Waals surface area contributed by atoms with Crippen LogP contribution >= 0.6 is 0 Å². The Morgan fingerprint density at radius 3 is 2.14 bits per heavy atom. The number of anilines is 1. The van der Waals surface area contributed by atoms with E-state index in [-0.39, 0.29) is 5.69 Å². The molecule has 0 aliphatic rings. The average Bonchev–Trinajstić information content (AvgIpc) is 2.69. The Labute approximate surface area is 154 Å². The van der Waals surface area contributed by atoms with Gasteiger partial charge in [0.1, 0.15) is 17.4 Å². The number of methoxy groups -OCH3 is 1. The van der Waals surface area contributed by atoms with Gasteiger partial charge in [-0.3, -0.25) is 9.59 Å². The quantitative estimate of drug-likeness (QED) is 0.391. The molecule has 2 rings (SSSR count). The van der Waals surface area contributed by atoms with Crippen LogP contribution in [0.5, 0.6) is 5.75 Å². The van der Waals surface area contributed by atoms with Crippen LogP contribution in [0.3, 0.4) is 0 Å². The Hall–Kier alpha value is -3.21. The first-order valence-electron chi connectivity index (χ1n) is 7.59. The third-order valence-corrected chi connectivity index (χ3v) is 3.58. The molecule has 2 aromatic rings. The zero-order valence-electron chi connectivity index (χ0n) is 14.2. The zero-order valence-corrected chi connectivity index (χ0v) is 14.2. The summed E-state index contributed by atoms with van der Waals surface area (Å²) in [5, 5.41) is 13.3. The minimum Gasteiger partial charge on any atom is -0.497 e. The fourth-order valence-electron chi connectivity index (χ4n) is 2.16. The molecule has 11 heteroatoms. The Balaban J connectivity index is 2.23. The van der Waals surface area contributed by atoms with Gasteiger partial charge in [-0.1, -0.05) is 6.07 Å². The van der Waals surface area contributed by atoms with Gasteiger partial charge in [-0.2, -0.15) is 0 Å². The van der Waals surface area contributed by atoms with Crippen LogP contribution in [-0.2, 0) is 4.79 Å². The van der Waals surface area contributed by atoms with E-state index in [2.05, 4.69) is 5.32 Å². The predicted octanol–water partition coefficient (Wildman–Crippen LogP) is 2.12. The van der Waals surface area contributed by atoms with Crippen molar-refractivity contribution in [2.75, 3.05) is 19.0 Å². The van der Waals surface area contributed by atoms with Gasteiger partial charge in [-0.15, -0.1) is 0 Å². The molecule has 28 heavy (non-hydrogen) atoms. The Kier molecular flexibility index (Phi) is 6.52. The maximum atomic E-state index is 13.7. The van der Waals surface area contributed by atoms with Gasteiger partial charge in [0.2, 0.25) is 11.7 Å². The lowest BCUT2D eigenvalue weighted by atomic mass is 10.1. The van der Waals surface area contributed by atoms with Crippen LogP contribution in [0.15, 0.2) is 24.3 Å². The first kappa shape index (κ1) is 21.1. The summed E-state index contributed by atoms with van der Waals surface area (Å²) in [4.78, 5) is 24.1. The van der Waals surface area contributed by atoms with E-state index in [9.17, 15) is 36.6 Å². The highest BCUT2D eigenvalue weighted by atomic mass is 19.2. The SMILES string of the molecule is COc1cccc(NC(=O)C(CO)NC(=O)c2c(F)c(F)c(F)c(F)c2F)c1. The Bertz CT molecular complexity index is 894. The maximum Gasteiger partial charge on any atom is 0.258 e. The van der Waals surface area contributed by atoms with E-state index < -0.39 is 59.1 Å². The number of aliphatic hydroxyl groups excluding tert-OH is 1. The largest absolute Gasteiger partial charge is 0.497 e. The zero-order chi connectivity index (χ0) is 21.0. The minimum absolute atomic E-state index is 0.202. The van der Waals surface area contributed by atoms with E-state index in [0.717, 1.165) is 0 Å². The molecule has 0 fully saturated rings. The average molecular weight is 404 g/mol. The van der Waals surface area contributed by atoms with Crippen molar-refractivity contribution in [2.45, 2.75) is 6.04 Å². The molecule has 6 nitrogen and oxygen atoms in total. The van der Waals surface area contributed by atoms with Gasteiger partial charge in [0.25, 0.3) is 5.91 Å². The highest BCUT2D eigenvalue weighted by Gasteiger charge is 2.31. The lowest BCUT2D eigenvalue weighted by molar-refractivity contribution is -0.118. The van der Waals surface area contributed by atoms with Crippen molar-refractivity contribution in [3.8, 4) is 5.75 Å². The molecule has 1 atom stereocenters. The topological polar surface area (TPSA) is 87.7 Å². The standard InChI is InChI=1S/C17H13F5N2O4/c1-28-8-4-2-3-7(5-8)23-16(26)9(6-25)24-17(27)10-11(18)13(20)15(22)14(21)12(10)19/h2-5,9,25H,6H2,1H3,(H,23,26)(H,24,27). The monoisotopic (exact) mass is 404 g/mol. The molecule has 0 aromatic heterocycles. The summed E-state index contributed by atoms with van der Waals surface area (Å²) in [6.45, 7) is -1.02. The van der Waals surface area contributed by atoms with E-state index in [1.165, 1.54) is 25.3 Å². The van der Waals surface area contributed by atoms with Gasteiger partial charge < -0.3 is 20.5 Å². The van der Waals surface area contributed by atoms with Crippen molar-refractivity contribution in [1.82, 2.24) is 5.32 Å². The second-order valence-corrected chi connectivity index (χ2v) is 5.37. The van der Waals surface area contributed by atoms with E-state index >= 15 is 0 Å². The van der Waals surface area contributed by atoms with Crippen LogP contribution in [0.4, 0.5) is 27.6 Å². The number of carbonyl (C=O) groups is 2. The van der Waals surface area contributed by atoms with Crippen molar-refractivity contribution in [3.63, 3.8) is 0 Å². The maximum absolute atomic E-state index is 13.7. The Morgan fingerprint density at radius 1 is 1.04 bits per heavy atom. The number of aliphatic hydroxyl groups is 1. The van der Waals surface area contributed by atoms with E-state index in [0.29, 0.717) is 5.75 Å².